The third kappa shape index (κ3) is 9.68. The number of benzene rings is 3. The van der Waals surface area contributed by atoms with E-state index in [0.717, 1.165) is 6.08 Å². The van der Waals surface area contributed by atoms with E-state index >= 15 is 0 Å². The summed E-state index contributed by atoms with van der Waals surface area (Å²) < 4.78 is 26.2. The lowest BCUT2D eigenvalue weighted by atomic mass is 10.0. The predicted molar refractivity (Wildman–Crippen MR) is 172 cm³/mol. The van der Waals surface area contributed by atoms with Gasteiger partial charge in [-0.15, -0.1) is 5.10 Å². The fourth-order valence-corrected chi connectivity index (χ4v) is 4.32. The minimum absolute atomic E-state index is 0.0430. The standard InChI is InChI=1S/C32H31ClFN7O6/c1-32(2,3)47-30(44)20-7-11-21(12-8-20)36-29(43)25(17-19-5-9-22(10-6-19)37-31(45)46-4)38-27(42)16-13-23-26(41-18-35-39-40-41)15-14-24(33)28(23)34/h5-16,18,25H,17H2,1-4H3,(H,36,43)(H,37,45)(H,38,42)/b16-13+/t25-/m0/s1. The summed E-state index contributed by atoms with van der Waals surface area (Å²) in [5, 5.41) is 18.6. The molecular formula is C32H31ClFN7O6. The number of aromatic nitrogens is 4. The molecule has 3 amide bonds. The summed E-state index contributed by atoms with van der Waals surface area (Å²) >= 11 is 5.98. The van der Waals surface area contributed by atoms with Crippen molar-refractivity contribution in [2.75, 3.05) is 17.7 Å². The molecule has 0 saturated heterocycles. The van der Waals surface area contributed by atoms with Gasteiger partial charge in [0.2, 0.25) is 11.8 Å². The van der Waals surface area contributed by atoms with E-state index in [0.29, 0.717) is 22.5 Å². The second-order valence-electron chi connectivity index (χ2n) is 11.0. The van der Waals surface area contributed by atoms with Crippen molar-refractivity contribution in [1.29, 1.82) is 0 Å². The molecule has 0 bridgehead atoms. The summed E-state index contributed by atoms with van der Waals surface area (Å²) in [7, 11) is 1.24. The third-order valence-electron chi connectivity index (χ3n) is 6.35. The van der Waals surface area contributed by atoms with Crippen molar-refractivity contribution in [2.24, 2.45) is 0 Å². The van der Waals surface area contributed by atoms with E-state index in [2.05, 4.69) is 36.2 Å². The van der Waals surface area contributed by atoms with Crippen molar-refractivity contribution in [3.63, 3.8) is 0 Å². The van der Waals surface area contributed by atoms with Gasteiger partial charge in [-0.2, -0.15) is 4.68 Å². The van der Waals surface area contributed by atoms with Crippen molar-refractivity contribution in [1.82, 2.24) is 25.5 Å². The van der Waals surface area contributed by atoms with Gasteiger partial charge < -0.3 is 20.1 Å². The monoisotopic (exact) mass is 663 g/mol. The second-order valence-corrected chi connectivity index (χ2v) is 11.4. The van der Waals surface area contributed by atoms with Gasteiger partial charge in [-0.25, -0.2) is 14.0 Å². The molecule has 0 aliphatic rings. The number of nitrogens with zero attached hydrogens (tertiary/aromatic N) is 4. The SMILES string of the molecule is COC(=O)Nc1ccc(C[C@H](NC(=O)/C=C/c2c(-n3cnnn3)ccc(Cl)c2F)C(=O)Nc2ccc(C(=O)OC(C)(C)C)cc2)cc1. The highest BCUT2D eigenvalue weighted by molar-refractivity contribution is 6.31. The smallest absolute Gasteiger partial charge is 0.411 e. The Bertz CT molecular complexity index is 1770. The number of hydrogen-bond acceptors (Lipinski definition) is 9. The number of methoxy groups -OCH3 is 1. The van der Waals surface area contributed by atoms with Crippen molar-refractivity contribution in [3.8, 4) is 5.69 Å². The summed E-state index contributed by atoms with van der Waals surface area (Å²) in [5.41, 5.74) is 1.26. The number of ether oxygens (including phenoxy) is 2. The highest BCUT2D eigenvalue weighted by Crippen LogP contribution is 2.25. The summed E-state index contributed by atoms with van der Waals surface area (Å²) in [6.45, 7) is 5.27. The Morgan fingerprint density at radius 1 is 0.979 bits per heavy atom. The number of amides is 3. The van der Waals surface area contributed by atoms with Gasteiger partial charge in [0.15, 0.2) is 5.82 Å². The molecular weight excluding hydrogens is 633 g/mol. The first-order chi connectivity index (χ1) is 22.3. The summed E-state index contributed by atoms with van der Waals surface area (Å²) in [4.78, 5) is 50.5. The lowest BCUT2D eigenvalue weighted by Crippen LogP contribution is -2.44. The van der Waals surface area contributed by atoms with Crippen LogP contribution in [-0.4, -0.2) is 62.8 Å². The number of hydrogen-bond donors (Lipinski definition) is 3. The number of halogens is 2. The highest BCUT2D eigenvalue weighted by atomic mass is 35.5. The lowest BCUT2D eigenvalue weighted by Gasteiger charge is -2.20. The Labute approximate surface area is 274 Å². The van der Waals surface area contributed by atoms with Crippen LogP contribution in [0.4, 0.5) is 20.6 Å². The van der Waals surface area contributed by atoms with Gasteiger partial charge in [-0.1, -0.05) is 23.7 Å². The number of nitrogens with one attached hydrogen (secondary N) is 3. The molecule has 0 unspecified atom stereocenters. The Kier molecular flexibility index (Phi) is 11.0. The predicted octanol–water partition coefficient (Wildman–Crippen LogP) is 4.97. The van der Waals surface area contributed by atoms with Crippen molar-refractivity contribution in [3.05, 3.63) is 101 Å². The molecule has 1 atom stereocenters. The Morgan fingerprint density at radius 3 is 2.26 bits per heavy atom. The fourth-order valence-electron chi connectivity index (χ4n) is 4.16. The van der Waals surface area contributed by atoms with Crippen LogP contribution >= 0.6 is 11.6 Å². The number of anilines is 2. The molecule has 0 saturated carbocycles. The minimum atomic E-state index is -1.11. The second kappa shape index (κ2) is 15.1. The van der Waals surface area contributed by atoms with Crippen LogP contribution < -0.4 is 16.0 Å². The third-order valence-corrected chi connectivity index (χ3v) is 6.64. The zero-order chi connectivity index (χ0) is 34.1. The van der Waals surface area contributed by atoms with Gasteiger partial charge in [-0.05, 0) is 91.4 Å². The molecule has 3 aromatic carbocycles. The van der Waals surface area contributed by atoms with E-state index in [1.54, 1.807) is 45.0 Å². The molecule has 0 spiro atoms. The quantitative estimate of drug-likeness (QED) is 0.157. The van der Waals surface area contributed by atoms with E-state index in [4.69, 9.17) is 16.3 Å². The van der Waals surface area contributed by atoms with Gasteiger partial charge in [0.05, 0.1) is 23.4 Å². The maximum absolute atomic E-state index is 15.0. The van der Waals surface area contributed by atoms with E-state index in [-0.39, 0.29) is 22.7 Å². The maximum Gasteiger partial charge on any atom is 0.411 e. The molecule has 47 heavy (non-hydrogen) atoms. The minimum Gasteiger partial charge on any atom is -0.456 e. The van der Waals surface area contributed by atoms with Gasteiger partial charge in [0.25, 0.3) is 0 Å². The summed E-state index contributed by atoms with van der Waals surface area (Å²) in [5.74, 6) is -2.60. The average molecular weight is 664 g/mol. The first-order valence-corrected chi connectivity index (χ1v) is 14.5. The van der Waals surface area contributed by atoms with Crippen molar-refractivity contribution >= 4 is 52.9 Å². The molecule has 4 rings (SSSR count). The summed E-state index contributed by atoms with van der Waals surface area (Å²) in [6, 6.07) is 14.4. The molecule has 1 aromatic heterocycles. The van der Waals surface area contributed by atoms with Gasteiger partial charge >= 0.3 is 12.1 Å². The average Bonchev–Trinajstić information content (AvgIpc) is 3.56. The lowest BCUT2D eigenvalue weighted by molar-refractivity contribution is -0.123. The van der Waals surface area contributed by atoms with Crippen LogP contribution in [0.5, 0.6) is 0 Å². The molecule has 0 aliphatic carbocycles. The van der Waals surface area contributed by atoms with Gasteiger partial charge in [0.1, 0.15) is 18.0 Å². The molecule has 15 heteroatoms. The number of tetrazole rings is 1. The Balaban J connectivity index is 1.54. The van der Waals surface area contributed by atoms with Crippen molar-refractivity contribution < 1.29 is 33.0 Å². The van der Waals surface area contributed by atoms with Crippen LogP contribution in [0.15, 0.2) is 73.1 Å². The normalized spacial score (nSPS) is 11.9. The molecule has 0 aliphatic heterocycles. The Morgan fingerprint density at radius 2 is 1.64 bits per heavy atom. The zero-order valence-corrected chi connectivity index (χ0v) is 26.5. The number of carbonyl (C=O) groups is 4. The largest absolute Gasteiger partial charge is 0.456 e. The topological polar surface area (TPSA) is 166 Å². The van der Waals surface area contributed by atoms with Gasteiger partial charge in [0, 0.05) is 29.4 Å². The zero-order valence-electron chi connectivity index (χ0n) is 25.8. The molecule has 3 N–H and O–H groups in total. The van der Waals surface area contributed by atoms with E-state index in [1.165, 1.54) is 60.6 Å². The number of carbonyl (C=O) groups excluding carboxylic acids is 4. The van der Waals surface area contributed by atoms with Crippen LogP contribution in [0.25, 0.3) is 11.8 Å². The highest BCUT2D eigenvalue weighted by Gasteiger charge is 2.22. The fraction of sp³-hybridized carbons (Fsp3) is 0.219. The molecule has 4 aromatic rings. The molecule has 1 heterocycles. The first-order valence-electron chi connectivity index (χ1n) is 14.1. The number of esters is 1. The molecule has 13 nitrogen and oxygen atoms in total. The van der Waals surface area contributed by atoms with Crippen LogP contribution in [-0.2, 0) is 25.5 Å². The maximum atomic E-state index is 15.0. The Hall–Kier alpha value is -5.63. The van der Waals surface area contributed by atoms with Crippen LogP contribution in [0.2, 0.25) is 5.02 Å². The first kappa shape index (κ1) is 34.2. The van der Waals surface area contributed by atoms with E-state index in [9.17, 15) is 23.6 Å². The summed E-state index contributed by atoms with van der Waals surface area (Å²) in [6.07, 6.45) is 2.91. The van der Waals surface area contributed by atoms with Crippen LogP contribution in [0.1, 0.15) is 42.3 Å². The van der Waals surface area contributed by atoms with Gasteiger partial charge in [-0.3, -0.25) is 14.9 Å². The van der Waals surface area contributed by atoms with Crippen molar-refractivity contribution in [2.45, 2.75) is 38.8 Å². The molecule has 0 radical (unpaired) electrons. The number of rotatable bonds is 10. The molecule has 0 fully saturated rings. The molecule has 244 valence electrons. The van der Waals surface area contributed by atoms with Crippen LogP contribution in [0, 0.1) is 5.82 Å². The van der Waals surface area contributed by atoms with Crippen LogP contribution in [0.3, 0.4) is 0 Å². The van der Waals surface area contributed by atoms with E-state index < -0.39 is 41.3 Å². The van der Waals surface area contributed by atoms with E-state index in [1.807, 2.05) is 0 Å².